The van der Waals surface area contributed by atoms with Gasteiger partial charge >= 0.3 is 0 Å². The Morgan fingerprint density at radius 2 is 1.87 bits per heavy atom. The van der Waals surface area contributed by atoms with Gasteiger partial charge < -0.3 is 15.4 Å². The Kier molecular flexibility index (Phi) is 6.28. The van der Waals surface area contributed by atoms with Crippen LogP contribution < -0.4 is 15.4 Å². The largest absolute Gasteiger partial charge is 0.491 e. The van der Waals surface area contributed by atoms with Crippen molar-refractivity contribution in [1.29, 1.82) is 0 Å². The topological polar surface area (TPSA) is 53.6 Å². The van der Waals surface area contributed by atoms with Gasteiger partial charge in [-0.15, -0.1) is 0 Å². The minimum atomic E-state index is -0.191. The van der Waals surface area contributed by atoms with E-state index < -0.39 is 0 Å². The molecule has 0 aromatic heterocycles. The quantitative estimate of drug-likeness (QED) is 0.792. The lowest BCUT2D eigenvalue weighted by Crippen LogP contribution is -2.46. The molecule has 1 fully saturated rings. The average Bonchev–Trinajstić information content (AvgIpc) is 2.90. The maximum absolute atomic E-state index is 12.6. The molecule has 1 unspecified atom stereocenters. The normalized spacial score (nSPS) is 22.4. The molecule has 0 saturated carbocycles. The first-order valence-electron chi connectivity index (χ1n) is 11.1. The van der Waals surface area contributed by atoms with Gasteiger partial charge in [0.1, 0.15) is 5.75 Å². The molecule has 2 N–H and O–H groups in total. The highest BCUT2D eigenvalue weighted by Gasteiger charge is 2.36. The number of ether oxygens (including phenoxy) is 1. The molecule has 0 bridgehead atoms. The number of carbonyl (C=O) groups excluding carboxylic acids is 1. The highest BCUT2D eigenvalue weighted by atomic mass is 16.5. The maximum atomic E-state index is 12.6. The molecule has 5 heteroatoms. The second kappa shape index (κ2) is 9.09. The van der Waals surface area contributed by atoms with Crippen molar-refractivity contribution >= 4 is 11.6 Å². The molecule has 2 aromatic rings. The van der Waals surface area contributed by atoms with Crippen molar-refractivity contribution in [1.82, 2.24) is 10.2 Å². The third-order valence-corrected chi connectivity index (χ3v) is 6.16. The van der Waals surface area contributed by atoms with Crippen LogP contribution in [0.25, 0.3) is 0 Å². The van der Waals surface area contributed by atoms with Gasteiger partial charge in [0.05, 0.1) is 6.10 Å². The van der Waals surface area contributed by atoms with Crippen molar-refractivity contribution in [3.05, 3.63) is 59.7 Å². The number of benzene rings is 2. The molecule has 1 spiro atoms. The molecule has 1 saturated heterocycles. The third kappa shape index (κ3) is 4.96. The maximum Gasteiger partial charge on any atom is 0.222 e. The van der Waals surface area contributed by atoms with Crippen molar-refractivity contribution in [3.63, 3.8) is 0 Å². The number of nitrogens with one attached hydrogen (secondary N) is 2. The summed E-state index contributed by atoms with van der Waals surface area (Å²) in [6, 6.07) is 16.7. The Morgan fingerprint density at radius 1 is 1.07 bits per heavy atom. The highest BCUT2D eigenvalue weighted by Crippen LogP contribution is 2.34. The Balaban J connectivity index is 1.49. The van der Waals surface area contributed by atoms with Crippen LogP contribution in [0.3, 0.4) is 0 Å². The number of rotatable bonds is 4. The summed E-state index contributed by atoms with van der Waals surface area (Å²) in [5.41, 5.74) is 3.35. The van der Waals surface area contributed by atoms with Crippen LogP contribution in [0, 0.1) is 0 Å². The van der Waals surface area contributed by atoms with Gasteiger partial charge in [0.25, 0.3) is 0 Å². The number of fused-ring (bicyclic) bond motifs is 1. The monoisotopic (exact) mass is 407 g/mol. The van der Waals surface area contributed by atoms with Crippen LogP contribution in [-0.4, -0.2) is 35.5 Å². The van der Waals surface area contributed by atoms with Crippen LogP contribution in [0.15, 0.2) is 48.5 Å². The number of carbonyl (C=O) groups is 1. The molecule has 5 nitrogen and oxygen atoms in total. The highest BCUT2D eigenvalue weighted by molar-refractivity contribution is 5.79. The SMILES string of the molecule is CC(C)Oc1ccccc1CN1CCCC2(CC1)CC(=O)NCc1ccccc1N2. The summed E-state index contributed by atoms with van der Waals surface area (Å²) >= 11 is 0. The minimum absolute atomic E-state index is 0.140. The van der Waals surface area contributed by atoms with E-state index in [0.717, 1.165) is 55.9 Å². The van der Waals surface area contributed by atoms with Crippen LogP contribution in [-0.2, 0) is 17.9 Å². The minimum Gasteiger partial charge on any atom is -0.491 e. The Morgan fingerprint density at radius 3 is 2.73 bits per heavy atom. The second-order valence-electron chi connectivity index (χ2n) is 8.92. The lowest BCUT2D eigenvalue weighted by molar-refractivity contribution is -0.122. The van der Waals surface area contributed by atoms with Gasteiger partial charge in [-0.2, -0.15) is 0 Å². The van der Waals surface area contributed by atoms with Gasteiger partial charge in [0.15, 0.2) is 0 Å². The molecule has 160 valence electrons. The molecule has 0 aliphatic carbocycles. The van der Waals surface area contributed by atoms with Crippen molar-refractivity contribution in [2.75, 3.05) is 18.4 Å². The van der Waals surface area contributed by atoms with E-state index in [1.807, 2.05) is 12.1 Å². The van der Waals surface area contributed by atoms with Gasteiger partial charge in [-0.05, 0) is 57.4 Å². The second-order valence-corrected chi connectivity index (χ2v) is 8.92. The lowest BCUT2D eigenvalue weighted by atomic mass is 9.85. The predicted molar refractivity (Wildman–Crippen MR) is 121 cm³/mol. The number of anilines is 1. The summed E-state index contributed by atoms with van der Waals surface area (Å²) < 4.78 is 6.02. The number of amides is 1. The molecular weight excluding hydrogens is 374 g/mol. The molecule has 2 aromatic carbocycles. The van der Waals surface area contributed by atoms with Crippen LogP contribution in [0.1, 0.15) is 50.7 Å². The van der Waals surface area contributed by atoms with Crippen molar-refractivity contribution in [2.24, 2.45) is 0 Å². The summed E-state index contributed by atoms with van der Waals surface area (Å²) in [5, 5.41) is 6.90. The van der Waals surface area contributed by atoms with Gasteiger partial charge in [-0.25, -0.2) is 0 Å². The number of likely N-dealkylation sites (tertiary alicyclic amines) is 1. The van der Waals surface area contributed by atoms with E-state index in [0.29, 0.717) is 13.0 Å². The van der Waals surface area contributed by atoms with Gasteiger partial charge in [-0.1, -0.05) is 36.4 Å². The van der Waals surface area contributed by atoms with E-state index in [1.165, 1.54) is 5.56 Å². The van der Waals surface area contributed by atoms with Crippen LogP contribution in [0.5, 0.6) is 5.75 Å². The zero-order valence-electron chi connectivity index (χ0n) is 18.1. The molecule has 30 heavy (non-hydrogen) atoms. The summed E-state index contributed by atoms with van der Waals surface area (Å²) in [6.07, 6.45) is 3.70. The van der Waals surface area contributed by atoms with Crippen LogP contribution >= 0.6 is 0 Å². The molecule has 2 heterocycles. The summed E-state index contributed by atoms with van der Waals surface area (Å²) in [7, 11) is 0. The average molecular weight is 408 g/mol. The lowest BCUT2D eigenvalue weighted by Gasteiger charge is -2.37. The van der Waals surface area contributed by atoms with E-state index >= 15 is 0 Å². The van der Waals surface area contributed by atoms with E-state index in [2.05, 4.69) is 65.8 Å². The Hall–Kier alpha value is -2.53. The van der Waals surface area contributed by atoms with Gasteiger partial charge in [-0.3, -0.25) is 9.69 Å². The molecule has 0 radical (unpaired) electrons. The Labute approximate surface area is 179 Å². The smallest absolute Gasteiger partial charge is 0.222 e. The molecule has 1 atom stereocenters. The predicted octanol–water partition coefficient (Wildman–Crippen LogP) is 4.33. The molecule has 4 rings (SSSR count). The third-order valence-electron chi connectivity index (χ3n) is 6.16. The molecule has 2 aliphatic rings. The zero-order valence-corrected chi connectivity index (χ0v) is 18.1. The van der Waals surface area contributed by atoms with Crippen molar-refractivity contribution in [3.8, 4) is 5.75 Å². The van der Waals surface area contributed by atoms with Gasteiger partial charge in [0, 0.05) is 42.8 Å². The number of hydrogen-bond donors (Lipinski definition) is 2. The standard InChI is InChI=1S/C25H33N3O2/c1-19(2)30-23-11-6-4-9-21(23)18-28-14-7-12-25(13-15-28)16-24(29)26-17-20-8-3-5-10-22(20)27-25/h3-6,8-11,19,27H,7,12-18H2,1-2H3,(H,26,29). The van der Waals surface area contributed by atoms with E-state index in [1.54, 1.807) is 0 Å². The van der Waals surface area contributed by atoms with E-state index in [4.69, 9.17) is 4.74 Å². The Bertz CT molecular complexity index is 882. The molecule has 2 aliphatic heterocycles. The van der Waals surface area contributed by atoms with Gasteiger partial charge in [0.2, 0.25) is 5.91 Å². The first kappa shape index (κ1) is 20.7. The van der Waals surface area contributed by atoms with Crippen molar-refractivity contribution < 1.29 is 9.53 Å². The zero-order chi connectivity index (χ0) is 21.0. The van der Waals surface area contributed by atoms with E-state index in [9.17, 15) is 4.79 Å². The van der Waals surface area contributed by atoms with Crippen LogP contribution in [0.2, 0.25) is 0 Å². The fraction of sp³-hybridized carbons (Fsp3) is 0.480. The van der Waals surface area contributed by atoms with E-state index in [-0.39, 0.29) is 17.6 Å². The molecular formula is C25H33N3O2. The number of para-hydroxylation sites is 2. The fourth-order valence-corrected chi connectivity index (χ4v) is 4.64. The first-order valence-corrected chi connectivity index (χ1v) is 11.1. The van der Waals surface area contributed by atoms with Crippen LogP contribution in [0.4, 0.5) is 5.69 Å². The fourth-order valence-electron chi connectivity index (χ4n) is 4.64. The summed E-state index contributed by atoms with van der Waals surface area (Å²) in [4.78, 5) is 15.1. The first-order chi connectivity index (χ1) is 14.5. The van der Waals surface area contributed by atoms with Crippen molar-refractivity contribution in [2.45, 2.75) is 64.3 Å². The molecule has 1 amide bonds. The summed E-state index contributed by atoms with van der Waals surface area (Å²) in [6.45, 7) is 7.59. The number of hydrogen-bond acceptors (Lipinski definition) is 4. The number of nitrogens with zero attached hydrogens (tertiary/aromatic N) is 1. The summed E-state index contributed by atoms with van der Waals surface area (Å²) in [5.74, 6) is 1.12.